The van der Waals surface area contributed by atoms with Crippen molar-refractivity contribution in [1.82, 2.24) is 4.98 Å². The summed E-state index contributed by atoms with van der Waals surface area (Å²) >= 11 is 5.49. The molecule has 7 heteroatoms. The molecule has 1 rings (SSSR count). The molecule has 0 saturated heterocycles. The Bertz CT molecular complexity index is 401. The van der Waals surface area contributed by atoms with Crippen molar-refractivity contribution in [2.45, 2.75) is 12.2 Å². The molecule has 2 unspecified atom stereocenters. The van der Waals surface area contributed by atoms with Crippen LogP contribution in [0.25, 0.3) is 0 Å². The van der Waals surface area contributed by atoms with Gasteiger partial charge in [-0.25, -0.2) is 14.2 Å². The van der Waals surface area contributed by atoms with Gasteiger partial charge in [0.05, 0.1) is 13.3 Å². The number of halogens is 2. The lowest BCUT2D eigenvalue weighted by atomic mass is 10.1. The van der Waals surface area contributed by atoms with Crippen LogP contribution in [0.4, 0.5) is 4.39 Å². The van der Waals surface area contributed by atoms with E-state index in [1.54, 1.807) is 0 Å². The Morgan fingerprint density at radius 3 is 2.81 bits per heavy atom. The van der Waals surface area contributed by atoms with E-state index in [-0.39, 0.29) is 10.7 Å². The Morgan fingerprint density at radius 2 is 2.25 bits per heavy atom. The molecule has 1 aromatic rings. The number of aliphatic hydroxyl groups is 2. The number of nitrogens with zero attached hydrogens (tertiary/aromatic N) is 1. The second-order valence-corrected chi connectivity index (χ2v) is 3.33. The van der Waals surface area contributed by atoms with Crippen molar-refractivity contribution in [3.63, 3.8) is 0 Å². The summed E-state index contributed by atoms with van der Waals surface area (Å²) in [7, 11) is 1.04. The Hall–Kier alpha value is -1.24. The molecule has 88 valence electrons. The van der Waals surface area contributed by atoms with Crippen LogP contribution in [0.5, 0.6) is 0 Å². The maximum atomic E-state index is 13.2. The van der Waals surface area contributed by atoms with Crippen molar-refractivity contribution in [2.24, 2.45) is 0 Å². The standard InChI is InChI=1S/C9H9ClFNO4/c1-16-9(15)8(14)7(13)4-2-6(10)12-3-5(4)11/h2-3,7-8,13-14H,1H3. The van der Waals surface area contributed by atoms with Gasteiger partial charge < -0.3 is 14.9 Å². The Balaban J connectivity index is 2.99. The molecular weight excluding hydrogens is 241 g/mol. The van der Waals surface area contributed by atoms with E-state index in [9.17, 15) is 19.4 Å². The lowest BCUT2D eigenvalue weighted by Gasteiger charge is -2.16. The SMILES string of the molecule is COC(=O)C(O)C(O)c1cc(Cl)ncc1F. The third kappa shape index (κ3) is 2.66. The first-order valence-corrected chi connectivity index (χ1v) is 4.60. The number of pyridine rings is 1. The number of rotatable bonds is 3. The summed E-state index contributed by atoms with van der Waals surface area (Å²) in [6, 6.07) is 1.02. The van der Waals surface area contributed by atoms with E-state index in [0.29, 0.717) is 0 Å². The number of carbonyl (C=O) groups is 1. The number of ether oxygens (including phenoxy) is 1. The van der Waals surface area contributed by atoms with Crippen LogP contribution < -0.4 is 0 Å². The molecule has 2 N–H and O–H groups in total. The summed E-state index contributed by atoms with van der Waals surface area (Å²) in [5.41, 5.74) is -0.321. The highest BCUT2D eigenvalue weighted by Crippen LogP contribution is 2.22. The van der Waals surface area contributed by atoms with E-state index < -0.39 is 24.0 Å². The third-order valence-corrected chi connectivity index (χ3v) is 2.12. The van der Waals surface area contributed by atoms with Gasteiger partial charge in [-0.15, -0.1) is 0 Å². The fraction of sp³-hybridized carbons (Fsp3) is 0.333. The number of carbonyl (C=O) groups excluding carboxylic acids is 1. The highest BCUT2D eigenvalue weighted by atomic mass is 35.5. The average Bonchev–Trinajstić information content (AvgIpc) is 2.29. The van der Waals surface area contributed by atoms with Crippen molar-refractivity contribution >= 4 is 17.6 Å². The molecular formula is C9H9ClFNO4. The molecule has 0 saturated carbocycles. The molecule has 0 spiro atoms. The molecule has 0 fully saturated rings. The van der Waals surface area contributed by atoms with Crippen molar-refractivity contribution < 1.29 is 24.1 Å². The highest BCUT2D eigenvalue weighted by molar-refractivity contribution is 6.29. The summed E-state index contributed by atoms with van der Waals surface area (Å²) < 4.78 is 17.4. The van der Waals surface area contributed by atoms with E-state index in [0.717, 1.165) is 19.4 Å². The van der Waals surface area contributed by atoms with Gasteiger partial charge in [-0.1, -0.05) is 11.6 Å². The second-order valence-electron chi connectivity index (χ2n) is 2.94. The van der Waals surface area contributed by atoms with Crippen LogP contribution in [-0.4, -0.2) is 34.4 Å². The number of hydrogen-bond donors (Lipinski definition) is 2. The van der Waals surface area contributed by atoms with E-state index in [1.165, 1.54) is 0 Å². The fourth-order valence-corrected chi connectivity index (χ4v) is 1.24. The minimum absolute atomic E-state index is 0.0625. The molecule has 0 aliphatic rings. The molecule has 0 aliphatic carbocycles. The summed E-state index contributed by atoms with van der Waals surface area (Å²) in [6.45, 7) is 0. The molecule has 2 atom stereocenters. The third-order valence-electron chi connectivity index (χ3n) is 1.91. The van der Waals surface area contributed by atoms with Crippen LogP contribution in [0.15, 0.2) is 12.3 Å². The topological polar surface area (TPSA) is 79.7 Å². The van der Waals surface area contributed by atoms with Crippen molar-refractivity contribution in [3.8, 4) is 0 Å². The van der Waals surface area contributed by atoms with Crippen molar-refractivity contribution in [2.75, 3.05) is 7.11 Å². The summed E-state index contributed by atoms with van der Waals surface area (Å²) in [5.74, 6) is -1.94. The van der Waals surface area contributed by atoms with Crippen LogP contribution in [0.3, 0.4) is 0 Å². The van der Waals surface area contributed by atoms with Gasteiger partial charge in [0.2, 0.25) is 0 Å². The molecule has 0 amide bonds. The number of methoxy groups -OCH3 is 1. The normalized spacial score (nSPS) is 14.3. The largest absolute Gasteiger partial charge is 0.467 e. The zero-order chi connectivity index (χ0) is 12.3. The summed E-state index contributed by atoms with van der Waals surface area (Å²) in [6.07, 6.45) is -2.85. The van der Waals surface area contributed by atoms with Crippen molar-refractivity contribution in [3.05, 3.63) is 28.8 Å². The molecule has 0 aliphatic heterocycles. The minimum Gasteiger partial charge on any atom is -0.467 e. The summed E-state index contributed by atoms with van der Waals surface area (Å²) in [5, 5.41) is 18.8. The first-order chi connectivity index (χ1) is 7.47. The smallest absolute Gasteiger partial charge is 0.337 e. The number of hydrogen-bond acceptors (Lipinski definition) is 5. The minimum atomic E-state index is -1.88. The van der Waals surface area contributed by atoms with Gasteiger partial charge in [-0.3, -0.25) is 0 Å². The van der Waals surface area contributed by atoms with Gasteiger partial charge in [-0.2, -0.15) is 0 Å². The van der Waals surface area contributed by atoms with Gasteiger partial charge in [-0.05, 0) is 6.07 Å². The van der Waals surface area contributed by atoms with Crippen LogP contribution in [-0.2, 0) is 9.53 Å². The molecule has 5 nitrogen and oxygen atoms in total. The van der Waals surface area contributed by atoms with E-state index in [4.69, 9.17) is 11.6 Å². The second kappa shape index (κ2) is 5.20. The predicted octanol–water partition coefficient (Wildman–Crippen LogP) is 0.441. The molecule has 0 aromatic carbocycles. The number of aromatic nitrogens is 1. The first-order valence-electron chi connectivity index (χ1n) is 4.22. The maximum absolute atomic E-state index is 13.2. The lowest BCUT2D eigenvalue weighted by Crippen LogP contribution is -2.29. The Morgan fingerprint density at radius 1 is 1.62 bits per heavy atom. The van der Waals surface area contributed by atoms with E-state index >= 15 is 0 Å². The van der Waals surface area contributed by atoms with E-state index in [1.807, 2.05) is 0 Å². The van der Waals surface area contributed by atoms with Crippen LogP contribution in [0.2, 0.25) is 5.15 Å². The molecule has 0 radical (unpaired) electrons. The zero-order valence-electron chi connectivity index (χ0n) is 8.22. The number of esters is 1. The quantitative estimate of drug-likeness (QED) is 0.600. The molecule has 1 aromatic heterocycles. The Labute approximate surface area is 95.4 Å². The zero-order valence-corrected chi connectivity index (χ0v) is 8.98. The molecule has 1 heterocycles. The van der Waals surface area contributed by atoms with Crippen molar-refractivity contribution in [1.29, 1.82) is 0 Å². The van der Waals surface area contributed by atoms with Gasteiger partial charge >= 0.3 is 5.97 Å². The van der Waals surface area contributed by atoms with E-state index in [2.05, 4.69) is 9.72 Å². The molecule has 0 bridgehead atoms. The summed E-state index contributed by atoms with van der Waals surface area (Å²) in [4.78, 5) is 14.3. The van der Waals surface area contributed by atoms with Gasteiger partial charge in [0.25, 0.3) is 0 Å². The fourth-order valence-electron chi connectivity index (χ4n) is 1.07. The molecule has 16 heavy (non-hydrogen) atoms. The maximum Gasteiger partial charge on any atom is 0.337 e. The monoisotopic (exact) mass is 249 g/mol. The van der Waals surface area contributed by atoms with Crippen LogP contribution in [0.1, 0.15) is 11.7 Å². The predicted molar refractivity (Wildman–Crippen MR) is 52.2 cm³/mol. The van der Waals surface area contributed by atoms with Crippen LogP contribution >= 0.6 is 11.6 Å². The lowest BCUT2D eigenvalue weighted by molar-refractivity contribution is -0.156. The van der Waals surface area contributed by atoms with Crippen LogP contribution in [0, 0.1) is 5.82 Å². The highest BCUT2D eigenvalue weighted by Gasteiger charge is 2.28. The van der Waals surface area contributed by atoms with Gasteiger partial charge in [0.15, 0.2) is 6.10 Å². The number of aliphatic hydroxyl groups excluding tert-OH is 2. The average molecular weight is 250 g/mol. The van der Waals surface area contributed by atoms with Gasteiger partial charge in [0.1, 0.15) is 17.1 Å². The Kier molecular flexibility index (Phi) is 4.17. The first kappa shape index (κ1) is 12.8. The van der Waals surface area contributed by atoms with Gasteiger partial charge in [0, 0.05) is 5.56 Å².